The normalized spacial score (nSPS) is 13.8. The first-order chi connectivity index (χ1) is 11.5. The third-order valence-electron chi connectivity index (χ3n) is 4.23. The minimum absolute atomic E-state index is 0.453. The molecular weight excluding hydrogens is 304 g/mol. The van der Waals surface area contributed by atoms with E-state index in [1.165, 1.54) is 6.33 Å². The maximum atomic E-state index is 10.6. The molecule has 0 radical (unpaired) electrons. The summed E-state index contributed by atoms with van der Waals surface area (Å²) in [7, 11) is 0. The molecule has 0 spiro atoms. The summed E-state index contributed by atoms with van der Waals surface area (Å²) in [5, 5.41) is 15.4. The molecule has 126 valence electrons. The van der Waals surface area contributed by atoms with Gasteiger partial charge < -0.3 is 14.5 Å². The first-order valence-electron chi connectivity index (χ1n) is 8.08. The Morgan fingerprint density at radius 3 is 2.67 bits per heavy atom. The van der Waals surface area contributed by atoms with Crippen molar-refractivity contribution in [3.8, 4) is 0 Å². The van der Waals surface area contributed by atoms with Gasteiger partial charge in [0, 0.05) is 13.1 Å². The fraction of sp³-hybridized carbons (Fsp3) is 0.389. The molecule has 0 aliphatic rings. The van der Waals surface area contributed by atoms with Gasteiger partial charge in [-0.05, 0) is 25.8 Å². The Morgan fingerprint density at radius 2 is 1.96 bits per heavy atom. The van der Waals surface area contributed by atoms with Gasteiger partial charge in [-0.3, -0.25) is 0 Å². The Morgan fingerprint density at radius 1 is 1.21 bits per heavy atom. The van der Waals surface area contributed by atoms with Crippen LogP contribution < -0.4 is 4.90 Å². The number of hydrogen-bond acceptors (Lipinski definition) is 6. The van der Waals surface area contributed by atoms with Gasteiger partial charge in [0.2, 0.25) is 0 Å². The first-order valence-corrected chi connectivity index (χ1v) is 8.08. The standard InChI is InChI=1S/C18H22N4O2/c1-4-18(3,23)11-22(10-14-8-6-5-7-9-14)16-15-13(2)21-24-17(15)20-12-19-16/h5-9,12,23H,4,10-11H2,1-3H3. The number of hydrogen-bond donors (Lipinski definition) is 1. The molecule has 24 heavy (non-hydrogen) atoms. The summed E-state index contributed by atoms with van der Waals surface area (Å²) in [4.78, 5) is 10.7. The Bertz CT molecular complexity index is 814. The highest BCUT2D eigenvalue weighted by atomic mass is 16.5. The van der Waals surface area contributed by atoms with E-state index in [1.807, 2.05) is 39.0 Å². The number of benzene rings is 1. The Balaban J connectivity index is 2.04. The lowest BCUT2D eigenvalue weighted by atomic mass is 10.0. The Hall–Kier alpha value is -2.47. The van der Waals surface area contributed by atoms with Crippen molar-refractivity contribution in [1.29, 1.82) is 0 Å². The smallest absolute Gasteiger partial charge is 0.263 e. The predicted molar refractivity (Wildman–Crippen MR) is 92.7 cm³/mol. The van der Waals surface area contributed by atoms with Crippen LogP contribution in [0.1, 0.15) is 31.5 Å². The molecule has 1 atom stereocenters. The molecule has 0 bridgehead atoms. The van der Waals surface area contributed by atoms with Crippen molar-refractivity contribution in [2.24, 2.45) is 0 Å². The van der Waals surface area contributed by atoms with Crippen molar-refractivity contribution in [2.75, 3.05) is 11.4 Å². The second-order valence-electron chi connectivity index (χ2n) is 6.34. The third-order valence-corrected chi connectivity index (χ3v) is 4.23. The summed E-state index contributed by atoms with van der Waals surface area (Å²) in [6, 6.07) is 10.1. The Kier molecular flexibility index (Phi) is 4.49. The fourth-order valence-electron chi connectivity index (χ4n) is 2.68. The van der Waals surface area contributed by atoms with E-state index < -0.39 is 5.60 Å². The highest BCUT2D eigenvalue weighted by Crippen LogP contribution is 2.28. The minimum atomic E-state index is -0.822. The number of nitrogens with zero attached hydrogens (tertiary/aromatic N) is 4. The number of aryl methyl sites for hydroxylation is 1. The second-order valence-corrected chi connectivity index (χ2v) is 6.34. The maximum absolute atomic E-state index is 10.6. The van der Waals surface area contributed by atoms with Crippen molar-refractivity contribution in [3.63, 3.8) is 0 Å². The van der Waals surface area contributed by atoms with Gasteiger partial charge in [-0.15, -0.1) is 0 Å². The van der Waals surface area contributed by atoms with Crippen LogP contribution in [0.5, 0.6) is 0 Å². The molecule has 3 rings (SSSR count). The minimum Gasteiger partial charge on any atom is -0.388 e. The van der Waals surface area contributed by atoms with Gasteiger partial charge in [-0.1, -0.05) is 42.4 Å². The molecule has 6 heteroatoms. The van der Waals surface area contributed by atoms with Gasteiger partial charge in [0.15, 0.2) is 0 Å². The van der Waals surface area contributed by atoms with Crippen molar-refractivity contribution in [3.05, 3.63) is 47.9 Å². The topological polar surface area (TPSA) is 75.3 Å². The predicted octanol–water partition coefficient (Wildman–Crippen LogP) is 3.09. The second kappa shape index (κ2) is 6.57. The van der Waals surface area contributed by atoms with Crippen LogP contribution in [0.25, 0.3) is 11.1 Å². The summed E-state index contributed by atoms with van der Waals surface area (Å²) < 4.78 is 5.26. The zero-order valence-electron chi connectivity index (χ0n) is 14.2. The van der Waals surface area contributed by atoms with Crippen molar-refractivity contribution in [2.45, 2.75) is 39.3 Å². The van der Waals surface area contributed by atoms with Crippen LogP contribution in [-0.2, 0) is 6.54 Å². The molecule has 0 amide bonds. The van der Waals surface area contributed by atoms with Crippen molar-refractivity contribution >= 4 is 16.9 Å². The lowest BCUT2D eigenvalue weighted by molar-refractivity contribution is 0.0625. The van der Waals surface area contributed by atoms with Gasteiger partial charge in [0.25, 0.3) is 5.71 Å². The molecule has 1 N–H and O–H groups in total. The molecule has 0 saturated carbocycles. The number of rotatable bonds is 6. The van der Waals surface area contributed by atoms with Crippen LogP contribution in [0, 0.1) is 6.92 Å². The van der Waals surface area contributed by atoms with Gasteiger partial charge in [0.1, 0.15) is 17.5 Å². The quantitative estimate of drug-likeness (QED) is 0.750. The highest BCUT2D eigenvalue weighted by Gasteiger charge is 2.26. The lowest BCUT2D eigenvalue weighted by Crippen LogP contribution is -2.40. The number of aromatic nitrogens is 3. The van der Waals surface area contributed by atoms with E-state index in [1.54, 1.807) is 0 Å². The zero-order chi connectivity index (χ0) is 17.2. The average Bonchev–Trinajstić information content (AvgIpc) is 2.97. The number of aliphatic hydroxyl groups is 1. The van der Waals surface area contributed by atoms with E-state index in [0.29, 0.717) is 25.2 Å². The average molecular weight is 326 g/mol. The van der Waals surface area contributed by atoms with Crippen LogP contribution in [0.4, 0.5) is 5.82 Å². The fourth-order valence-corrected chi connectivity index (χ4v) is 2.68. The monoisotopic (exact) mass is 326 g/mol. The van der Waals surface area contributed by atoms with Crippen LogP contribution in [0.2, 0.25) is 0 Å². The molecular formula is C18H22N4O2. The first kappa shape index (κ1) is 16.4. The van der Waals surface area contributed by atoms with E-state index in [0.717, 1.165) is 22.5 Å². The molecule has 0 fully saturated rings. The molecule has 0 aliphatic heterocycles. The van der Waals surface area contributed by atoms with Crippen LogP contribution in [0.15, 0.2) is 41.2 Å². The SMILES string of the molecule is CCC(C)(O)CN(Cc1ccccc1)c1ncnc2onc(C)c12. The van der Waals surface area contributed by atoms with E-state index in [-0.39, 0.29) is 0 Å². The van der Waals surface area contributed by atoms with E-state index >= 15 is 0 Å². The molecule has 0 saturated heterocycles. The molecule has 6 nitrogen and oxygen atoms in total. The van der Waals surface area contributed by atoms with Crippen LogP contribution in [0.3, 0.4) is 0 Å². The molecule has 3 aromatic rings. The molecule has 1 unspecified atom stereocenters. The highest BCUT2D eigenvalue weighted by molar-refractivity contribution is 5.87. The van der Waals surface area contributed by atoms with E-state index in [2.05, 4.69) is 32.2 Å². The maximum Gasteiger partial charge on any atom is 0.263 e. The van der Waals surface area contributed by atoms with Gasteiger partial charge in [-0.25, -0.2) is 4.98 Å². The summed E-state index contributed by atoms with van der Waals surface area (Å²) in [5.41, 5.74) is 1.53. The summed E-state index contributed by atoms with van der Waals surface area (Å²) >= 11 is 0. The van der Waals surface area contributed by atoms with Crippen LogP contribution >= 0.6 is 0 Å². The summed E-state index contributed by atoms with van der Waals surface area (Å²) in [6.07, 6.45) is 2.12. The van der Waals surface area contributed by atoms with Crippen molar-refractivity contribution < 1.29 is 9.63 Å². The molecule has 0 aliphatic carbocycles. The lowest BCUT2D eigenvalue weighted by Gasteiger charge is -2.32. The van der Waals surface area contributed by atoms with Gasteiger partial charge in [-0.2, -0.15) is 4.98 Å². The van der Waals surface area contributed by atoms with Crippen LogP contribution in [-0.4, -0.2) is 32.4 Å². The number of fused-ring (bicyclic) bond motifs is 1. The summed E-state index contributed by atoms with van der Waals surface area (Å²) in [6.45, 7) is 6.77. The number of anilines is 1. The van der Waals surface area contributed by atoms with Gasteiger partial charge >= 0.3 is 0 Å². The summed E-state index contributed by atoms with van der Waals surface area (Å²) in [5.74, 6) is 0.733. The van der Waals surface area contributed by atoms with E-state index in [4.69, 9.17) is 4.52 Å². The Labute approximate surface area is 141 Å². The van der Waals surface area contributed by atoms with E-state index in [9.17, 15) is 5.11 Å². The van der Waals surface area contributed by atoms with Crippen molar-refractivity contribution in [1.82, 2.24) is 15.1 Å². The molecule has 1 aromatic carbocycles. The largest absolute Gasteiger partial charge is 0.388 e. The van der Waals surface area contributed by atoms with Gasteiger partial charge in [0.05, 0.1) is 11.3 Å². The molecule has 2 aromatic heterocycles. The third kappa shape index (κ3) is 3.38. The molecule has 2 heterocycles. The zero-order valence-corrected chi connectivity index (χ0v) is 14.2.